The molecular formula is C24H15F3N2O4. The van der Waals surface area contributed by atoms with Crippen LogP contribution in [0.5, 0.6) is 0 Å². The van der Waals surface area contributed by atoms with E-state index < -0.39 is 17.6 Å². The second-order valence-corrected chi connectivity index (χ2v) is 7.56. The van der Waals surface area contributed by atoms with E-state index in [2.05, 4.69) is 5.10 Å². The zero-order valence-corrected chi connectivity index (χ0v) is 17.1. The topological polar surface area (TPSA) is 72.1 Å². The summed E-state index contributed by atoms with van der Waals surface area (Å²) < 4.78 is 50.0. The highest BCUT2D eigenvalue weighted by atomic mass is 19.4. The third kappa shape index (κ3) is 3.71. The standard InChI is InChI=1S/C24H15F3N2O4/c1-13-20(22(30)29(28-13)17-4-2-3-16(10-17)24(25,26)27)11-18-6-8-21(33-18)14-5-7-19-15(9-14)12-32-23(19)31/h2-11H,12H2,1H3/b20-11+. The van der Waals surface area contributed by atoms with Gasteiger partial charge in [-0.3, -0.25) is 4.79 Å². The highest BCUT2D eigenvalue weighted by Gasteiger charge is 2.33. The van der Waals surface area contributed by atoms with Crippen LogP contribution in [0.3, 0.4) is 0 Å². The summed E-state index contributed by atoms with van der Waals surface area (Å²) in [6.07, 6.45) is -3.03. The number of carbonyl (C=O) groups excluding carboxylic acids is 2. The Labute approximate surface area is 185 Å². The number of amides is 1. The first-order valence-electron chi connectivity index (χ1n) is 9.90. The van der Waals surface area contributed by atoms with Gasteiger partial charge in [-0.2, -0.15) is 23.3 Å². The van der Waals surface area contributed by atoms with Crippen molar-refractivity contribution in [2.24, 2.45) is 5.10 Å². The number of esters is 1. The van der Waals surface area contributed by atoms with Crippen LogP contribution in [0.1, 0.15) is 34.2 Å². The number of carbonyl (C=O) groups is 2. The van der Waals surface area contributed by atoms with Crippen LogP contribution in [0, 0.1) is 0 Å². The third-order valence-corrected chi connectivity index (χ3v) is 5.36. The first kappa shape index (κ1) is 20.7. The lowest BCUT2D eigenvalue weighted by Crippen LogP contribution is -2.21. The lowest BCUT2D eigenvalue weighted by molar-refractivity contribution is -0.137. The van der Waals surface area contributed by atoms with Gasteiger partial charge in [0.05, 0.1) is 28.1 Å². The molecule has 9 heteroatoms. The quantitative estimate of drug-likeness (QED) is 0.392. The van der Waals surface area contributed by atoms with E-state index in [1.165, 1.54) is 18.2 Å². The van der Waals surface area contributed by atoms with Crippen LogP contribution < -0.4 is 5.01 Å². The van der Waals surface area contributed by atoms with Crippen LogP contribution in [0.2, 0.25) is 0 Å². The number of hydrazone groups is 1. The number of cyclic esters (lactones) is 1. The van der Waals surface area contributed by atoms with Crippen LogP contribution in [-0.4, -0.2) is 17.6 Å². The smallest absolute Gasteiger partial charge is 0.416 e. The summed E-state index contributed by atoms with van der Waals surface area (Å²) >= 11 is 0. The van der Waals surface area contributed by atoms with Crippen LogP contribution >= 0.6 is 0 Å². The number of benzene rings is 2. The van der Waals surface area contributed by atoms with Crippen molar-refractivity contribution in [3.05, 3.63) is 82.6 Å². The van der Waals surface area contributed by atoms with Crippen LogP contribution in [0.25, 0.3) is 17.4 Å². The van der Waals surface area contributed by atoms with Crippen molar-refractivity contribution in [1.29, 1.82) is 0 Å². The van der Waals surface area contributed by atoms with Gasteiger partial charge in [0, 0.05) is 11.1 Å². The van der Waals surface area contributed by atoms with Gasteiger partial charge in [0.1, 0.15) is 18.1 Å². The first-order valence-corrected chi connectivity index (χ1v) is 9.90. The molecule has 0 N–H and O–H groups in total. The second kappa shape index (κ2) is 7.47. The Kier molecular flexibility index (Phi) is 4.70. The normalized spacial score (nSPS) is 16.9. The molecule has 0 atom stereocenters. The first-order chi connectivity index (χ1) is 15.7. The molecule has 0 saturated heterocycles. The Balaban J connectivity index is 1.41. The fourth-order valence-corrected chi connectivity index (χ4v) is 3.69. The summed E-state index contributed by atoms with van der Waals surface area (Å²) in [5, 5.41) is 5.07. The van der Waals surface area contributed by atoms with Gasteiger partial charge in [-0.05, 0) is 55.5 Å². The molecule has 0 aliphatic carbocycles. The van der Waals surface area contributed by atoms with E-state index in [1.54, 1.807) is 37.3 Å². The molecule has 0 fully saturated rings. The molecule has 5 rings (SSSR count). The van der Waals surface area contributed by atoms with Gasteiger partial charge in [0.15, 0.2) is 0 Å². The molecule has 0 unspecified atom stereocenters. The molecule has 0 spiro atoms. The molecule has 33 heavy (non-hydrogen) atoms. The minimum atomic E-state index is -4.53. The molecule has 0 saturated carbocycles. The predicted molar refractivity (Wildman–Crippen MR) is 113 cm³/mol. The fraction of sp³-hybridized carbons (Fsp3) is 0.125. The summed E-state index contributed by atoms with van der Waals surface area (Å²) in [7, 11) is 0. The number of halogens is 3. The molecule has 0 bridgehead atoms. The van der Waals surface area contributed by atoms with Gasteiger partial charge in [-0.1, -0.05) is 12.1 Å². The minimum Gasteiger partial charge on any atom is -0.457 e. The summed E-state index contributed by atoms with van der Waals surface area (Å²) in [5.41, 5.74) is 1.74. The average Bonchev–Trinajstić information content (AvgIpc) is 3.48. The number of alkyl halides is 3. The number of ether oxygens (including phenoxy) is 1. The number of furan rings is 1. The predicted octanol–water partition coefficient (Wildman–Crippen LogP) is 5.44. The van der Waals surface area contributed by atoms with Crippen molar-refractivity contribution < 1.29 is 31.9 Å². The zero-order valence-electron chi connectivity index (χ0n) is 17.1. The van der Waals surface area contributed by atoms with E-state index in [9.17, 15) is 22.8 Å². The highest BCUT2D eigenvalue weighted by Crippen LogP contribution is 2.34. The highest BCUT2D eigenvalue weighted by molar-refractivity contribution is 6.32. The number of rotatable bonds is 3. The maximum absolute atomic E-state index is 13.0. The number of anilines is 1. The average molecular weight is 452 g/mol. The van der Waals surface area contributed by atoms with Crippen molar-refractivity contribution in [1.82, 2.24) is 0 Å². The lowest BCUT2D eigenvalue weighted by Gasteiger charge is -2.14. The molecule has 3 aromatic rings. The van der Waals surface area contributed by atoms with E-state index in [1.807, 2.05) is 0 Å². The van der Waals surface area contributed by atoms with Gasteiger partial charge in [-0.15, -0.1) is 0 Å². The summed E-state index contributed by atoms with van der Waals surface area (Å²) in [4.78, 5) is 24.5. The molecule has 0 radical (unpaired) electrons. The summed E-state index contributed by atoms with van der Waals surface area (Å²) in [5.74, 6) is -0.0143. The van der Waals surface area contributed by atoms with Gasteiger partial charge in [0.2, 0.25) is 0 Å². The van der Waals surface area contributed by atoms with Gasteiger partial charge >= 0.3 is 12.1 Å². The largest absolute Gasteiger partial charge is 0.457 e. The summed E-state index contributed by atoms with van der Waals surface area (Å²) in [6, 6.07) is 13.0. The number of fused-ring (bicyclic) bond motifs is 1. The zero-order chi connectivity index (χ0) is 23.3. The SMILES string of the molecule is CC1=NN(c2cccc(C(F)(F)F)c2)C(=O)/C1=C/c1ccc(-c2ccc3c(c2)COC3=O)o1. The third-order valence-electron chi connectivity index (χ3n) is 5.36. The molecule has 3 heterocycles. The second-order valence-electron chi connectivity index (χ2n) is 7.56. The number of nitrogens with zero attached hydrogens (tertiary/aromatic N) is 2. The Bertz CT molecular complexity index is 1370. The maximum atomic E-state index is 13.0. The Morgan fingerprint density at radius 2 is 1.88 bits per heavy atom. The minimum absolute atomic E-state index is 0.0209. The van der Waals surface area contributed by atoms with E-state index in [0.717, 1.165) is 28.3 Å². The van der Waals surface area contributed by atoms with Gasteiger partial charge in [-0.25, -0.2) is 4.79 Å². The van der Waals surface area contributed by atoms with Crippen molar-refractivity contribution in [3.8, 4) is 11.3 Å². The van der Waals surface area contributed by atoms with Crippen molar-refractivity contribution in [2.45, 2.75) is 19.7 Å². The van der Waals surface area contributed by atoms with Crippen LogP contribution in [0.4, 0.5) is 18.9 Å². The Morgan fingerprint density at radius 1 is 1.06 bits per heavy atom. The molecular weight excluding hydrogens is 437 g/mol. The van der Waals surface area contributed by atoms with Crippen LogP contribution in [0.15, 0.2) is 69.7 Å². The van der Waals surface area contributed by atoms with Crippen molar-refractivity contribution in [3.63, 3.8) is 0 Å². The van der Waals surface area contributed by atoms with E-state index in [-0.39, 0.29) is 23.8 Å². The van der Waals surface area contributed by atoms with E-state index >= 15 is 0 Å². The van der Waals surface area contributed by atoms with Gasteiger partial charge < -0.3 is 9.15 Å². The molecule has 2 aromatic carbocycles. The van der Waals surface area contributed by atoms with Crippen molar-refractivity contribution >= 4 is 29.4 Å². The van der Waals surface area contributed by atoms with Crippen LogP contribution in [-0.2, 0) is 22.3 Å². The molecule has 2 aliphatic heterocycles. The maximum Gasteiger partial charge on any atom is 0.416 e. The fourth-order valence-electron chi connectivity index (χ4n) is 3.69. The van der Waals surface area contributed by atoms with Gasteiger partial charge in [0.25, 0.3) is 5.91 Å². The number of hydrogen-bond acceptors (Lipinski definition) is 5. The van der Waals surface area contributed by atoms with Crippen molar-refractivity contribution in [2.75, 3.05) is 5.01 Å². The molecule has 166 valence electrons. The van der Waals surface area contributed by atoms with E-state index in [0.29, 0.717) is 22.8 Å². The molecule has 6 nitrogen and oxygen atoms in total. The Hall–Kier alpha value is -4.14. The number of hydrogen-bond donors (Lipinski definition) is 0. The summed E-state index contributed by atoms with van der Waals surface area (Å²) in [6.45, 7) is 1.80. The molecule has 1 aromatic heterocycles. The Morgan fingerprint density at radius 3 is 2.67 bits per heavy atom. The van der Waals surface area contributed by atoms with E-state index in [4.69, 9.17) is 9.15 Å². The molecule has 2 aliphatic rings. The lowest BCUT2D eigenvalue weighted by atomic mass is 10.0. The molecule has 1 amide bonds. The monoisotopic (exact) mass is 452 g/mol.